The summed E-state index contributed by atoms with van der Waals surface area (Å²) in [5, 5.41) is 9.20. The molecule has 3 nitrogen and oxygen atoms in total. The van der Waals surface area contributed by atoms with Gasteiger partial charge in [0.15, 0.2) is 0 Å². The summed E-state index contributed by atoms with van der Waals surface area (Å²) in [5.41, 5.74) is 2.10. The molecule has 0 atom stereocenters. The number of aliphatic hydroxyl groups is 1. The predicted octanol–water partition coefficient (Wildman–Crippen LogP) is 3.20. The van der Waals surface area contributed by atoms with Crippen LogP contribution in [0.5, 0.6) is 0 Å². The van der Waals surface area contributed by atoms with Gasteiger partial charge < -0.3 is 5.11 Å². The molecule has 0 saturated carbocycles. The number of aliphatic hydroxyl groups excluding tert-OH is 1. The van der Waals surface area contributed by atoms with Crippen LogP contribution in [0.1, 0.15) is 33.9 Å². The summed E-state index contributed by atoms with van der Waals surface area (Å²) in [4.78, 5) is 8.56. The molecule has 0 aliphatic rings. The van der Waals surface area contributed by atoms with Crippen LogP contribution < -0.4 is 0 Å². The Hall–Kier alpha value is -1.95. The van der Waals surface area contributed by atoms with Gasteiger partial charge in [0, 0.05) is 23.4 Å². The Labute approximate surface area is 120 Å². The van der Waals surface area contributed by atoms with Crippen LogP contribution in [0, 0.1) is 13.8 Å². The van der Waals surface area contributed by atoms with E-state index in [-0.39, 0.29) is 6.61 Å². The zero-order chi connectivity index (χ0) is 15.6. The molecule has 2 rings (SSSR count). The van der Waals surface area contributed by atoms with E-state index in [1.54, 1.807) is 13.8 Å². The number of hydrogen-bond donors (Lipinski definition) is 1. The van der Waals surface area contributed by atoms with Gasteiger partial charge in [0.2, 0.25) is 0 Å². The van der Waals surface area contributed by atoms with E-state index in [4.69, 9.17) is 0 Å². The molecule has 0 fully saturated rings. The average molecular weight is 296 g/mol. The van der Waals surface area contributed by atoms with E-state index in [0.717, 1.165) is 12.1 Å². The molecule has 1 heterocycles. The lowest BCUT2D eigenvalue weighted by Crippen LogP contribution is -2.07. The van der Waals surface area contributed by atoms with E-state index >= 15 is 0 Å². The molecule has 0 spiro atoms. The first-order valence-electron chi connectivity index (χ1n) is 6.41. The molecule has 1 aromatic heterocycles. The van der Waals surface area contributed by atoms with Crippen molar-refractivity contribution in [1.29, 1.82) is 0 Å². The maximum atomic E-state index is 12.5. The van der Waals surface area contributed by atoms with Crippen LogP contribution in [0.25, 0.3) is 0 Å². The highest BCUT2D eigenvalue weighted by Gasteiger charge is 2.29. The first-order valence-corrected chi connectivity index (χ1v) is 6.41. The van der Waals surface area contributed by atoms with E-state index in [1.165, 1.54) is 12.1 Å². The fourth-order valence-corrected chi connectivity index (χ4v) is 2.11. The second-order valence-corrected chi connectivity index (χ2v) is 4.82. The average Bonchev–Trinajstić information content (AvgIpc) is 2.38. The molecule has 1 aromatic carbocycles. The molecule has 112 valence electrons. The van der Waals surface area contributed by atoms with Crippen molar-refractivity contribution in [1.82, 2.24) is 9.97 Å². The molecule has 0 amide bonds. The van der Waals surface area contributed by atoms with Gasteiger partial charge >= 0.3 is 6.18 Å². The van der Waals surface area contributed by atoms with Crippen LogP contribution in [0.3, 0.4) is 0 Å². The Morgan fingerprint density at radius 2 is 1.52 bits per heavy atom. The van der Waals surface area contributed by atoms with E-state index in [9.17, 15) is 18.3 Å². The van der Waals surface area contributed by atoms with E-state index < -0.39 is 11.7 Å². The first kappa shape index (κ1) is 15.4. The Kier molecular flexibility index (Phi) is 4.27. The van der Waals surface area contributed by atoms with Crippen molar-refractivity contribution in [3.63, 3.8) is 0 Å². The molecule has 2 aromatic rings. The maximum Gasteiger partial charge on any atom is 0.416 e. The van der Waals surface area contributed by atoms with Crippen molar-refractivity contribution in [3.05, 3.63) is 58.2 Å². The largest absolute Gasteiger partial charge is 0.416 e. The number of alkyl halides is 3. The molecule has 0 radical (unpaired) electrons. The number of rotatable bonds is 3. The molecule has 0 unspecified atom stereocenters. The van der Waals surface area contributed by atoms with Gasteiger partial charge in [-0.15, -0.1) is 0 Å². The Morgan fingerprint density at radius 1 is 1.00 bits per heavy atom. The summed E-state index contributed by atoms with van der Waals surface area (Å²) in [6.07, 6.45) is -3.98. The Morgan fingerprint density at radius 3 is 1.95 bits per heavy atom. The van der Waals surface area contributed by atoms with Crippen molar-refractivity contribution in [2.24, 2.45) is 0 Å². The van der Waals surface area contributed by atoms with Gasteiger partial charge in [-0.3, -0.25) is 0 Å². The second kappa shape index (κ2) is 5.81. The zero-order valence-electron chi connectivity index (χ0n) is 11.7. The quantitative estimate of drug-likeness (QED) is 0.946. The fraction of sp³-hybridized carbons (Fsp3) is 0.333. The second-order valence-electron chi connectivity index (χ2n) is 4.82. The molecule has 0 aliphatic heterocycles. The van der Waals surface area contributed by atoms with Crippen LogP contribution in [0.15, 0.2) is 24.3 Å². The minimum atomic E-state index is -4.33. The van der Waals surface area contributed by atoms with Gasteiger partial charge in [-0.1, -0.05) is 12.1 Å². The predicted molar refractivity (Wildman–Crippen MR) is 71.7 cm³/mol. The highest BCUT2D eigenvalue weighted by atomic mass is 19.4. The topological polar surface area (TPSA) is 46.0 Å². The number of benzene rings is 1. The third kappa shape index (κ3) is 3.58. The van der Waals surface area contributed by atoms with E-state index in [0.29, 0.717) is 34.8 Å². The van der Waals surface area contributed by atoms with Crippen molar-refractivity contribution >= 4 is 0 Å². The van der Waals surface area contributed by atoms with Crippen molar-refractivity contribution in [3.8, 4) is 0 Å². The highest BCUT2D eigenvalue weighted by Crippen LogP contribution is 2.29. The van der Waals surface area contributed by atoms with Crippen LogP contribution in [0.4, 0.5) is 13.2 Å². The fourth-order valence-electron chi connectivity index (χ4n) is 2.11. The monoisotopic (exact) mass is 296 g/mol. The van der Waals surface area contributed by atoms with E-state index in [1.807, 2.05) is 0 Å². The molecule has 0 bridgehead atoms. The van der Waals surface area contributed by atoms with Crippen LogP contribution >= 0.6 is 0 Å². The Bertz CT molecular complexity index is 613. The third-order valence-corrected chi connectivity index (χ3v) is 3.27. The summed E-state index contributed by atoms with van der Waals surface area (Å²) in [7, 11) is 0. The van der Waals surface area contributed by atoms with Crippen LogP contribution in [-0.2, 0) is 19.2 Å². The van der Waals surface area contributed by atoms with Crippen molar-refractivity contribution < 1.29 is 18.3 Å². The number of hydrogen-bond acceptors (Lipinski definition) is 3. The number of halogens is 3. The number of aryl methyl sites for hydroxylation is 2. The molecule has 1 N–H and O–H groups in total. The van der Waals surface area contributed by atoms with Gasteiger partial charge in [-0.05, 0) is 31.5 Å². The third-order valence-electron chi connectivity index (χ3n) is 3.27. The summed E-state index contributed by atoms with van der Waals surface area (Å²) in [6.45, 7) is 3.42. The van der Waals surface area contributed by atoms with E-state index in [2.05, 4.69) is 9.97 Å². The number of aromatic nitrogens is 2. The minimum absolute atomic E-state index is 0.127. The van der Waals surface area contributed by atoms with Gasteiger partial charge in [0.25, 0.3) is 0 Å². The molecule has 6 heteroatoms. The highest BCUT2D eigenvalue weighted by molar-refractivity contribution is 5.28. The SMILES string of the molecule is Cc1nc(Cc2ccc(C(F)(F)F)cc2)nc(C)c1CO. The van der Waals surface area contributed by atoms with Crippen molar-refractivity contribution in [2.45, 2.75) is 33.1 Å². The normalized spacial score (nSPS) is 11.7. The summed E-state index contributed by atoms with van der Waals surface area (Å²) >= 11 is 0. The summed E-state index contributed by atoms with van der Waals surface area (Å²) in [6, 6.07) is 4.96. The van der Waals surface area contributed by atoms with Crippen LogP contribution in [0.2, 0.25) is 0 Å². The minimum Gasteiger partial charge on any atom is -0.392 e. The lowest BCUT2D eigenvalue weighted by Gasteiger charge is -2.10. The van der Waals surface area contributed by atoms with Gasteiger partial charge in [-0.25, -0.2) is 9.97 Å². The molecule has 21 heavy (non-hydrogen) atoms. The van der Waals surface area contributed by atoms with Gasteiger partial charge in [0.1, 0.15) is 5.82 Å². The molecule has 0 aliphatic carbocycles. The standard InChI is InChI=1S/C15H15F3N2O/c1-9-13(8-21)10(2)20-14(19-9)7-11-3-5-12(6-4-11)15(16,17)18/h3-6,21H,7-8H2,1-2H3. The summed E-state index contributed by atoms with van der Waals surface area (Å²) < 4.78 is 37.5. The lowest BCUT2D eigenvalue weighted by atomic mass is 10.1. The Balaban J connectivity index is 2.23. The van der Waals surface area contributed by atoms with Crippen molar-refractivity contribution in [2.75, 3.05) is 0 Å². The van der Waals surface area contributed by atoms with Crippen LogP contribution in [-0.4, -0.2) is 15.1 Å². The lowest BCUT2D eigenvalue weighted by molar-refractivity contribution is -0.137. The zero-order valence-corrected chi connectivity index (χ0v) is 11.7. The van der Waals surface area contributed by atoms with Gasteiger partial charge in [-0.2, -0.15) is 13.2 Å². The molecule has 0 saturated heterocycles. The van der Waals surface area contributed by atoms with Gasteiger partial charge in [0.05, 0.1) is 12.2 Å². The molecular weight excluding hydrogens is 281 g/mol. The number of nitrogens with zero attached hydrogens (tertiary/aromatic N) is 2. The first-order chi connectivity index (χ1) is 9.81. The maximum absolute atomic E-state index is 12.5. The molecular formula is C15H15F3N2O. The smallest absolute Gasteiger partial charge is 0.392 e. The summed E-state index contributed by atoms with van der Waals surface area (Å²) in [5.74, 6) is 0.530.